The minimum atomic E-state index is 0.0316. The topological polar surface area (TPSA) is 26.0 Å². The first-order valence-corrected chi connectivity index (χ1v) is 5.67. The molecule has 0 spiro atoms. The van der Waals surface area contributed by atoms with Crippen LogP contribution in [0.4, 0.5) is 0 Å². The molecule has 0 aliphatic heterocycles. The molecule has 1 aromatic carbocycles. The molecule has 0 amide bonds. The highest BCUT2D eigenvalue weighted by atomic mass is 127. The zero-order valence-corrected chi connectivity index (χ0v) is 10.9. The van der Waals surface area contributed by atoms with Crippen LogP contribution < -0.4 is 5.73 Å². The molecular formula is C8H8BrClIN. The van der Waals surface area contributed by atoms with Crippen LogP contribution in [-0.2, 0) is 0 Å². The maximum atomic E-state index is 5.96. The van der Waals surface area contributed by atoms with Crippen molar-refractivity contribution in [1.29, 1.82) is 0 Å². The van der Waals surface area contributed by atoms with Crippen molar-refractivity contribution in [2.75, 3.05) is 0 Å². The third kappa shape index (κ3) is 2.34. The van der Waals surface area contributed by atoms with E-state index in [0.29, 0.717) is 5.02 Å². The summed E-state index contributed by atoms with van der Waals surface area (Å²) in [5, 5.41) is 0.717. The molecule has 1 rings (SSSR count). The Labute approximate surface area is 98.9 Å². The van der Waals surface area contributed by atoms with Gasteiger partial charge in [-0.15, -0.1) is 0 Å². The fourth-order valence-electron chi connectivity index (χ4n) is 0.838. The third-order valence-electron chi connectivity index (χ3n) is 1.53. The summed E-state index contributed by atoms with van der Waals surface area (Å²) >= 11 is 11.6. The third-order valence-corrected chi connectivity index (χ3v) is 4.50. The monoisotopic (exact) mass is 359 g/mol. The second-order valence-corrected chi connectivity index (χ2v) is 4.95. The Kier molecular flexibility index (Phi) is 3.82. The van der Waals surface area contributed by atoms with Gasteiger partial charge in [-0.2, -0.15) is 0 Å². The Morgan fingerprint density at radius 2 is 2.17 bits per heavy atom. The Balaban J connectivity index is 3.21. The lowest BCUT2D eigenvalue weighted by atomic mass is 10.1. The van der Waals surface area contributed by atoms with Crippen LogP contribution in [0.3, 0.4) is 0 Å². The van der Waals surface area contributed by atoms with E-state index < -0.39 is 0 Å². The predicted octanol–water partition coefficient (Wildman–Crippen LogP) is 3.73. The van der Waals surface area contributed by atoms with Gasteiger partial charge in [-0.1, -0.05) is 11.6 Å². The quantitative estimate of drug-likeness (QED) is 0.599. The van der Waals surface area contributed by atoms with E-state index in [1.54, 1.807) is 0 Å². The minimum Gasteiger partial charge on any atom is -0.324 e. The van der Waals surface area contributed by atoms with Crippen molar-refractivity contribution in [2.45, 2.75) is 13.0 Å². The Morgan fingerprint density at radius 1 is 1.58 bits per heavy atom. The molecule has 0 saturated carbocycles. The second-order valence-electron chi connectivity index (χ2n) is 2.59. The lowest BCUT2D eigenvalue weighted by Crippen LogP contribution is -2.05. The molecule has 0 aliphatic carbocycles. The van der Waals surface area contributed by atoms with Crippen molar-refractivity contribution in [3.63, 3.8) is 0 Å². The van der Waals surface area contributed by atoms with Gasteiger partial charge in [0.1, 0.15) is 0 Å². The van der Waals surface area contributed by atoms with Gasteiger partial charge in [-0.3, -0.25) is 0 Å². The maximum Gasteiger partial charge on any atom is 0.0562 e. The maximum absolute atomic E-state index is 5.96. The summed E-state index contributed by atoms with van der Waals surface area (Å²) in [6.45, 7) is 1.94. The molecule has 66 valence electrons. The van der Waals surface area contributed by atoms with E-state index in [9.17, 15) is 0 Å². The van der Waals surface area contributed by atoms with Crippen LogP contribution in [0.2, 0.25) is 5.02 Å². The Bertz CT molecular complexity index is 278. The lowest BCUT2D eigenvalue weighted by Gasteiger charge is -2.08. The van der Waals surface area contributed by atoms with Gasteiger partial charge in [0.2, 0.25) is 0 Å². The van der Waals surface area contributed by atoms with Gasteiger partial charge in [0, 0.05) is 14.1 Å². The highest BCUT2D eigenvalue weighted by Gasteiger charge is 2.06. The van der Waals surface area contributed by atoms with Gasteiger partial charge in [-0.05, 0) is 63.1 Å². The molecule has 0 bridgehead atoms. The van der Waals surface area contributed by atoms with E-state index in [4.69, 9.17) is 17.3 Å². The van der Waals surface area contributed by atoms with Crippen LogP contribution in [0.25, 0.3) is 0 Å². The average molecular weight is 360 g/mol. The Hall–Kier alpha value is 0.680. The van der Waals surface area contributed by atoms with Crippen LogP contribution in [0.15, 0.2) is 16.6 Å². The Morgan fingerprint density at radius 3 is 2.58 bits per heavy atom. The number of hydrogen-bond donors (Lipinski definition) is 1. The molecule has 1 nitrogen and oxygen atoms in total. The van der Waals surface area contributed by atoms with Gasteiger partial charge in [0.15, 0.2) is 0 Å². The fraction of sp³-hybridized carbons (Fsp3) is 0.250. The van der Waals surface area contributed by atoms with Crippen LogP contribution in [0, 0.1) is 3.57 Å². The molecule has 1 unspecified atom stereocenters. The molecule has 0 radical (unpaired) electrons. The summed E-state index contributed by atoms with van der Waals surface area (Å²) < 4.78 is 2.03. The highest BCUT2D eigenvalue weighted by molar-refractivity contribution is 14.1. The van der Waals surface area contributed by atoms with Crippen molar-refractivity contribution < 1.29 is 0 Å². The number of rotatable bonds is 1. The zero-order valence-electron chi connectivity index (χ0n) is 6.44. The van der Waals surface area contributed by atoms with Crippen molar-refractivity contribution in [2.24, 2.45) is 5.73 Å². The van der Waals surface area contributed by atoms with Crippen LogP contribution in [0.1, 0.15) is 18.5 Å². The van der Waals surface area contributed by atoms with E-state index in [1.807, 2.05) is 19.1 Å². The van der Waals surface area contributed by atoms with Gasteiger partial charge >= 0.3 is 0 Å². The minimum absolute atomic E-state index is 0.0316. The van der Waals surface area contributed by atoms with Crippen LogP contribution in [-0.4, -0.2) is 0 Å². The lowest BCUT2D eigenvalue weighted by molar-refractivity contribution is 0.817. The molecule has 0 fully saturated rings. The summed E-state index contributed by atoms with van der Waals surface area (Å²) in [6, 6.07) is 3.95. The zero-order chi connectivity index (χ0) is 9.30. The molecule has 1 atom stereocenters. The molecule has 1 aromatic rings. The fourth-order valence-corrected chi connectivity index (χ4v) is 2.10. The van der Waals surface area contributed by atoms with Crippen molar-refractivity contribution >= 4 is 50.1 Å². The van der Waals surface area contributed by atoms with E-state index in [0.717, 1.165) is 13.6 Å². The van der Waals surface area contributed by atoms with Gasteiger partial charge in [0.25, 0.3) is 0 Å². The predicted molar refractivity (Wildman–Crippen MR) is 64.5 cm³/mol. The van der Waals surface area contributed by atoms with E-state index >= 15 is 0 Å². The molecule has 2 N–H and O–H groups in total. The van der Waals surface area contributed by atoms with Crippen LogP contribution in [0.5, 0.6) is 0 Å². The van der Waals surface area contributed by atoms with E-state index in [1.165, 1.54) is 0 Å². The van der Waals surface area contributed by atoms with E-state index in [-0.39, 0.29) is 6.04 Å². The van der Waals surface area contributed by atoms with Gasteiger partial charge < -0.3 is 5.73 Å². The van der Waals surface area contributed by atoms with Crippen LogP contribution >= 0.6 is 50.1 Å². The second kappa shape index (κ2) is 4.26. The molecule has 0 heterocycles. The number of halogens is 3. The summed E-state index contributed by atoms with van der Waals surface area (Å²) in [4.78, 5) is 0. The first kappa shape index (κ1) is 10.8. The standard InChI is InChI=1S/C8H8BrClIN/c1-4(12)5-2-6(10)8(9)7(11)3-5/h2-4H,12H2,1H3. The highest BCUT2D eigenvalue weighted by Crippen LogP contribution is 2.30. The first-order chi connectivity index (χ1) is 5.52. The summed E-state index contributed by atoms with van der Waals surface area (Å²) in [5.74, 6) is 0. The summed E-state index contributed by atoms with van der Waals surface area (Å²) in [7, 11) is 0. The smallest absolute Gasteiger partial charge is 0.0562 e. The van der Waals surface area contributed by atoms with E-state index in [2.05, 4.69) is 38.5 Å². The SMILES string of the molecule is CC(N)c1cc(Cl)c(Br)c(I)c1. The number of hydrogen-bond acceptors (Lipinski definition) is 1. The normalized spacial score (nSPS) is 13.1. The van der Waals surface area contributed by atoms with Crippen molar-refractivity contribution in [3.8, 4) is 0 Å². The summed E-state index contributed by atoms with van der Waals surface area (Å²) in [6.07, 6.45) is 0. The largest absolute Gasteiger partial charge is 0.324 e. The van der Waals surface area contributed by atoms with Gasteiger partial charge in [0.05, 0.1) is 5.02 Å². The van der Waals surface area contributed by atoms with Crippen molar-refractivity contribution in [3.05, 3.63) is 30.8 Å². The molecule has 0 aliphatic rings. The first-order valence-electron chi connectivity index (χ1n) is 3.42. The average Bonchev–Trinajstić information content (AvgIpc) is 1.99. The molecular weight excluding hydrogens is 352 g/mol. The molecule has 0 aromatic heterocycles. The van der Waals surface area contributed by atoms with Gasteiger partial charge in [-0.25, -0.2) is 0 Å². The number of nitrogens with two attached hydrogens (primary N) is 1. The van der Waals surface area contributed by atoms with Crippen molar-refractivity contribution in [1.82, 2.24) is 0 Å². The molecule has 4 heteroatoms. The molecule has 12 heavy (non-hydrogen) atoms. The molecule has 0 saturated heterocycles. The summed E-state index contributed by atoms with van der Waals surface area (Å²) in [5.41, 5.74) is 6.79. The number of benzene rings is 1.